The van der Waals surface area contributed by atoms with Crippen molar-refractivity contribution in [2.45, 2.75) is 46.1 Å². The van der Waals surface area contributed by atoms with Crippen LogP contribution in [0.5, 0.6) is 0 Å². The molecule has 1 atom stereocenters. The van der Waals surface area contributed by atoms with Crippen LogP contribution in [0.2, 0.25) is 0 Å². The normalized spacial score (nSPS) is 24.5. The SMILES string of the molecule is CCC(C(=O)O)N1CCCC(C)(C)C1. The van der Waals surface area contributed by atoms with Crippen LogP contribution in [0, 0.1) is 5.41 Å². The van der Waals surface area contributed by atoms with E-state index in [1.807, 2.05) is 6.92 Å². The topological polar surface area (TPSA) is 40.5 Å². The van der Waals surface area contributed by atoms with E-state index in [9.17, 15) is 4.79 Å². The van der Waals surface area contributed by atoms with Gasteiger partial charge in [0.25, 0.3) is 0 Å². The maximum absolute atomic E-state index is 11.0. The number of carbonyl (C=O) groups is 1. The smallest absolute Gasteiger partial charge is 0.320 e. The van der Waals surface area contributed by atoms with Crippen molar-refractivity contribution in [1.82, 2.24) is 4.90 Å². The Bertz CT molecular complexity index is 213. The van der Waals surface area contributed by atoms with Crippen LogP contribution in [-0.2, 0) is 4.79 Å². The minimum atomic E-state index is -0.676. The molecule has 3 heteroatoms. The Labute approximate surface area is 86.1 Å². The van der Waals surface area contributed by atoms with E-state index in [2.05, 4.69) is 18.7 Å². The van der Waals surface area contributed by atoms with Gasteiger partial charge < -0.3 is 5.11 Å². The summed E-state index contributed by atoms with van der Waals surface area (Å²) in [5.74, 6) is -0.676. The van der Waals surface area contributed by atoms with Gasteiger partial charge in [0.15, 0.2) is 0 Å². The van der Waals surface area contributed by atoms with Crippen LogP contribution in [-0.4, -0.2) is 35.1 Å². The fraction of sp³-hybridized carbons (Fsp3) is 0.909. The maximum Gasteiger partial charge on any atom is 0.320 e. The zero-order chi connectivity index (χ0) is 10.8. The zero-order valence-electron chi connectivity index (χ0n) is 9.42. The molecule has 0 aromatic rings. The second-order valence-corrected chi connectivity index (χ2v) is 5.00. The van der Waals surface area contributed by atoms with Gasteiger partial charge in [-0.1, -0.05) is 20.8 Å². The van der Waals surface area contributed by atoms with Gasteiger partial charge in [-0.3, -0.25) is 9.69 Å². The van der Waals surface area contributed by atoms with E-state index in [1.54, 1.807) is 0 Å². The van der Waals surface area contributed by atoms with Crippen molar-refractivity contribution in [2.24, 2.45) is 5.41 Å². The van der Waals surface area contributed by atoms with Crippen molar-refractivity contribution < 1.29 is 9.90 Å². The van der Waals surface area contributed by atoms with Gasteiger partial charge in [0, 0.05) is 6.54 Å². The first-order valence-corrected chi connectivity index (χ1v) is 5.43. The number of piperidine rings is 1. The Balaban J connectivity index is 2.62. The number of aliphatic carboxylic acids is 1. The highest BCUT2D eigenvalue weighted by molar-refractivity contribution is 5.73. The molecule has 1 unspecified atom stereocenters. The van der Waals surface area contributed by atoms with E-state index in [-0.39, 0.29) is 11.5 Å². The summed E-state index contributed by atoms with van der Waals surface area (Å²) >= 11 is 0. The van der Waals surface area contributed by atoms with E-state index >= 15 is 0 Å². The summed E-state index contributed by atoms with van der Waals surface area (Å²) in [6.45, 7) is 8.23. The second-order valence-electron chi connectivity index (χ2n) is 5.00. The van der Waals surface area contributed by atoms with Crippen molar-refractivity contribution in [3.63, 3.8) is 0 Å². The summed E-state index contributed by atoms with van der Waals surface area (Å²) in [5.41, 5.74) is 0.279. The number of carboxylic acids is 1. The summed E-state index contributed by atoms with van der Waals surface area (Å²) in [4.78, 5) is 13.1. The Kier molecular flexibility index (Phi) is 3.53. The molecule has 0 aromatic heterocycles. The third-order valence-electron chi connectivity index (χ3n) is 3.04. The van der Waals surface area contributed by atoms with E-state index < -0.39 is 5.97 Å². The Morgan fingerprint density at radius 2 is 2.21 bits per heavy atom. The highest BCUT2D eigenvalue weighted by Gasteiger charge is 2.32. The van der Waals surface area contributed by atoms with Gasteiger partial charge in [-0.2, -0.15) is 0 Å². The van der Waals surface area contributed by atoms with Crippen molar-refractivity contribution in [1.29, 1.82) is 0 Å². The molecule has 0 aromatic carbocycles. The molecule has 82 valence electrons. The lowest BCUT2D eigenvalue weighted by Crippen LogP contribution is -2.48. The quantitative estimate of drug-likeness (QED) is 0.755. The summed E-state index contributed by atoms with van der Waals surface area (Å²) in [6.07, 6.45) is 3.03. The molecule has 0 saturated carbocycles. The lowest BCUT2D eigenvalue weighted by Gasteiger charge is -2.40. The molecule has 3 nitrogen and oxygen atoms in total. The average molecular weight is 199 g/mol. The first kappa shape index (κ1) is 11.5. The summed E-state index contributed by atoms with van der Waals surface area (Å²) in [5, 5.41) is 9.05. The number of likely N-dealkylation sites (tertiary alicyclic amines) is 1. The van der Waals surface area contributed by atoms with Crippen LogP contribution < -0.4 is 0 Å². The molecule has 14 heavy (non-hydrogen) atoms. The molecule has 0 bridgehead atoms. The van der Waals surface area contributed by atoms with Crippen LogP contribution >= 0.6 is 0 Å². The van der Waals surface area contributed by atoms with Crippen molar-refractivity contribution in [2.75, 3.05) is 13.1 Å². The van der Waals surface area contributed by atoms with Crippen LogP contribution in [0.4, 0.5) is 0 Å². The molecule has 0 radical (unpaired) electrons. The van der Waals surface area contributed by atoms with E-state index in [4.69, 9.17) is 5.11 Å². The number of hydrogen-bond acceptors (Lipinski definition) is 2. The predicted octanol–water partition coefficient (Wildman–Crippen LogP) is 1.97. The molecule has 1 saturated heterocycles. The summed E-state index contributed by atoms with van der Waals surface area (Å²) in [6, 6.07) is -0.283. The fourth-order valence-corrected chi connectivity index (χ4v) is 2.32. The zero-order valence-corrected chi connectivity index (χ0v) is 9.42. The first-order valence-electron chi connectivity index (χ1n) is 5.43. The van der Waals surface area contributed by atoms with E-state index in [0.717, 1.165) is 19.5 Å². The van der Waals surface area contributed by atoms with Crippen LogP contribution in [0.25, 0.3) is 0 Å². The molecule has 1 heterocycles. The third-order valence-corrected chi connectivity index (χ3v) is 3.04. The standard InChI is InChI=1S/C11H21NO2/c1-4-9(10(13)14)12-7-5-6-11(2,3)8-12/h9H,4-8H2,1-3H3,(H,13,14). The number of rotatable bonds is 3. The largest absolute Gasteiger partial charge is 0.480 e. The minimum absolute atomic E-state index is 0.279. The molecule has 1 aliphatic heterocycles. The maximum atomic E-state index is 11.0. The summed E-state index contributed by atoms with van der Waals surface area (Å²) in [7, 11) is 0. The highest BCUT2D eigenvalue weighted by atomic mass is 16.4. The number of hydrogen-bond donors (Lipinski definition) is 1. The molecule has 1 aliphatic rings. The number of nitrogens with zero attached hydrogens (tertiary/aromatic N) is 1. The number of carboxylic acid groups (broad SMARTS) is 1. The summed E-state index contributed by atoms with van der Waals surface area (Å²) < 4.78 is 0. The predicted molar refractivity (Wildman–Crippen MR) is 56.3 cm³/mol. The molecule has 0 amide bonds. The molecular formula is C11H21NO2. The van der Waals surface area contributed by atoms with Gasteiger partial charge in [-0.05, 0) is 31.2 Å². The Hall–Kier alpha value is -0.570. The van der Waals surface area contributed by atoms with Gasteiger partial charge in [-0.15, -0.1) is 0 Å². The van der Waals surface area contributed by atoms with Crippen LogP contribution in [0.3, 0.4) is 0 Å². The molecule has 0 aliphatic carbocycles. The van der Waals surface area contributed by atoms with E-state index in [1.165, 1.54) is 6.42 Å². The van der Waals surface area contributed by atoms with Gasteiger partial charge in [-0.25, -0.2) is 0 Å². The van der Waals surface area contributed by atoms with Gasteiger partial charge >= 0.3 is 5.97 Å². The molecule has 0 spiro atoms. The molecule has 1 N–H and O–H groups in total. The lowest BCUT2D eigenvalue weighted by molar-refractivity contribution is -0.144. The lowest BCUT2D eigenvalue weighted by atomic mass is 9.83. The molecular weight excluding hydrogens is 178 g/mol. The van der Waals surface area contributed by atoms with Crippen LogP contribution in [0.15, 0.2) is 0 Å². The average Bonchev–Trinajstić information content (AvgIpc) is 2.02. The minimum Gasteiger partial charge on any atom is -0.480 e. The van der Waals surface area contributed by atoms with Gasteiger partial charge in [0.1, 0.15) is 6.04 Å². The van der Waals surface area contributed by atoms with Crippen molar-refractivity contribution in [3.8, 4) is 0 Å². The Morgan fingerprint density at radius 3 is 2.64 bits per heavy atom. The van der Waals surface area contributed by atoms with Gasteiger partial charge in [0.05, 0.1) is 0 Å². The highest BCUT2D eigenvalue weighted by Crippen LogP contribution is 2.29. The monoisotopic (exact) mass is 199 g/mol. The van der Waals surface area contributed by atoms with Gasteiger partial charge in [0.2, 0.25) is 0 Å². The Morgan fingerprint density at radius 1 is 1.57 bits per heavy atom. The molecule has 1 rings (SSSR count). The van der Waals surface area contributed by atoms with Crippen LogP contribution in [0.1, 0.15) is 40.0 Å². The first-order chi connectivity index (χ1) is 6.46. The van der Waals surface area contributed by atoms with Crippen molar-refractivity contribution in [3.05, 3.63) is 0 Å². The third kappa shape index (κ3) is 2.71. The molecule has 1 fully saturated rings. The second kappa shape index (κ2) is 4.30. The van der Waals surface area contributed by atoms with Crippen molar-refractivity contribution >= 4 is 5.97 Å². The fourth-order valence-electron chi connectivity index (χ4n) is 2.32. The van der Waals surface area contributed by atoms with E-state index in [0.29, 0.717) is 6.42 Å².